The minimum absolute atomic E-state index is 0.0241. The van der Waals surface area contributed by atoms with Gasteiger partial charge < -0.3 is 10.2 Å². The first-order valence-corrected chi connectivity index (χ1v) is 5.29. The van der Waals surface area contributed by atoms with Gasteiger partial charge >= 0.3 is 0 Å². The highest BCUT2D eigenvalue weighted by Crippen LogP contribution is 2.16. The van der Waals surface area contributed by atoms with Crippen molar-refractivity contribution in [2.45, 2.75) is 38.3 Å². The first-order valence-electron chi connectivity index (χ1n) is 5.29. The van der Waals surface area contributed by atoms with Crippen molar-refractivity contribution < 1.29 is 4.79 Å². The predicted molar refractivity (Wildman–Crippen MR) is 58.1 cm³/mol. The number of likely N-dealkylation sites (N-methyl/N-ethyl adjacent to an activating group) is 1. The van der Waals surface area contributed by atoms with E-state index in [0.717, 1.165) is 25.8 Å². The average molecular weight is 196 g/mol. The number of piperidine rings is 1. The van der Waals surface area contributed by atoms with Crippen molar-refractivity contribution >= 4 is 5.91 Å². The van der Waals surface area contributed by atoms with Gasteiger partial charge in [0, 0.05) is 12.6 Å². The number of hydrogen-bond donors (Lipinski definition) is 1. The second-order valence-electron chi connectivity index (χ2n) is 3.89. The van der Waals surface area contributed by atoms with E-state index in [1.807, 2.05) is 18.0 Å². The lowest BCUT2D eigenvalue weighted by atomic mass is 10.0. The molecule has 2 unspecified atom stereocenters. The molecule has 1 fully saturated rings. The Balaban J connectivity index is 2.59. The van der Waals surface area contributed by atoms with Crippen molar-refractivity contribution in [1.29, 1.82) is 0 Å². The fourth-order valence-corrected chi connectivity index (χ4v) is 1.97. The number of carbonyl (C=O) groups excluding carboxylic acids is 1. The summed E-state index contributed by atoms with van der Waals surface area (Å²) in [6, 6.07) is 0.312. The monoisotopic (exact) mass is 196 g/mol. The molecule has 1 rings (SSSR count). The van der Waals surface area contributed by atoms with Gasteiger partial charge in [0.05, 0.1) is 6.04 Å². The van der Waals surface area contributed by atoms with E-state index in [-0.39, 0.29) is 18.0 Å². The Bertz CT molecular complexity index is 215. The van der Waals surface area contributed by atoms with Gasteiger partial charge in [-0.1, -0.05) is 6.08 Å². The highest BCUT2D eigenvalue weighted by atomic mass is 16.2. The number of rotatable bonds is 4. The topological polar surface area (TPSA) is 32.3 Å². The smallest absolute Gasteiger partial charge is 0.239 e. The van der Waals surface area contributed by atoms with Crippen LogP contribution >= 0.6 is 0 Å². The molecule has 14 heavy (non-hydrogen) atoms. The zero-order valence-corrected chi connectivity index (χ0v) is 9.12. The Hall–Kier alpha value is -0.830. The lowest BCUT2D eigenvalue weighted by Crippen LogP contribution is -2.52. The van der Waals surface area contributed by atoms with E-state index in [1.165, 1.54) is 0 Å². The molecule has 0 aromatic rings. The van der Waals surface area contributed by atoms with Gasteiger partial charge in [0.2, 0.25) is 5.91 Å². The fourth-order valence-electron chi connectivity index (χ4n) is 1.97. The van der Waals surface area contributed by atoms with E-state index in [4.69, 9.17) is 0 Å². The van der Waals surface area contributed by atoms with Gasteiger partial charge in [-0.25, -0.2) is 0 Å². The molecule has 3 nitrogen and oxygen atoms in total. The molecule has 0 saturated carbocycles. The van der Waals surface area contributed by atoms with E-state index in [1.54, 1.807) is 0 Å². The maximum Gasteiger partial charge on any atom is 0.239 e. The van der Waals surface area contributed by atoms with Gasteiger partial charge in [-0.3, -0.25) is 4.79 Å². The van der Waals surface area contributed by atoms with Crippen molar-refractivity contribution in [3.63, 3.8) is 0 Å². The zero-order valence-electron chi connectivity index (χ0n) is 9.12. The zero-order chi connectivity index (χ0) is 10.6. The van der Waals surface area contributed by atoms with E-state index in [0.29, 0.717) is 0 Å². The van der Waals surface area contributed by atoms with Crippen LogP contribution in [0.3, 0.4) is 0 Å². The van der Waals surface area contributed by atoms with Crippen LogP contribution in [0.25, 0.3) is 0 Å². The molecule has 1 N–H and O–H groups in total. The molecule has 1 aliphatic heterocycles. The molecule has 0 aromatic heterocycles. The van der Waals surface area contributed by atoms with Gasteiger partial charge in [-0.05, 0) is 33.2 Å². The van der Waals surface area contributed by atoms with Crippen molar-refractivity contribution in [1.82, 2.24) is 10.2 Å². The van der Waals surface area contributed by atoms with Crippen LogP contribution in [0, 0.1) is 0 Å². The second-order valence-corrected chi connectivity index (χ2v) is 3.89. The van der Waals surface area contributed by atoms with Crippen molar-refractivity contribution in [2.24, 2.45) is 0 Å². The summed E-state index contributed by atoms with van der Waals surface area (Å²) in [7, 11) is 1.85. The summed E-state index contributed by atoms with van der Waals surface area (Å²) in [5.74, 6) is 0.244. The number of hydrogen-bond acceptors (Lipinski definition) is 2. The van der Waals surface area contributed by atoms with E-state index >= 15 is 0 Å². The van der Waals surface area contributed by atoms with Gasteiger partial charge in [0.1, 0.15) is 0 Å². The van der Waals surface area contributed by atoms with Crippen LogP contribution in [0.1, 0.15) is 26.2 Å². The van der Waals surface area contributed by atoms with Crippen LogP contribution in [0.15, 0.2) is 12.7 Å². The predicted octanol–water partition coefficient (Wildman–Crippen LogP) is 1.16. The number of likely N-dealkylation sites (tertiary alicyclic amines) is 1. The highest BCUT2D eigenvalue weighted by Gasteiger charge is 2.29. The summed E-state index contributed by atoms with van der Waals surface area (Å²) in [5.41, 5.74) is 0. The number of amides is 1. The molecule has 1 saturated heterocycles. The van der Waals surface area contributed by atoms with Gasteiger partial charge in [-0.15, -0.1) is 6.58 Å². The van der Waals surface area contributed by atoms with E-state index < -0.39 is 0 Å². The Labute approximate surface area is 86.2 Å². The van der Waals surface area contributed by atoms with Crippen LogP contribution in [-0.2, 0) is 4.79 Å². The van der Waals surface area contributed by atoms with Crippen molar-refractivity contribution in [2.75, 3.05) is 13.6 Å². The van der Waals surface area contributed by atoms with E-state index in [9.17, 15) is 4.79 Å². The Kier molecular flexibility index (Phi) is 4.14. The maximum atomic E-state index is 11.9. The van der Waals surface area contributed by atoms with Crippen molar-refractivity contribution in [3.8, 4) is 0 Å². The molecule has 1 aliphatic rings. The van der Waals surface area contributed by atoms with Crippen LogP contribution in [-0.4, -0.2) is 36.5 Å². The van der Waals surface area contributed by atoms with Gasteiger partial charge in [0.15, 0.2) is 0 Å². The lowest BCUT2D eigenvalue weighted by molar-refractivity contribution is -0.137. The molecule has 0 aromatic carbocycles. The van der Waals surface area contributed by atoms with Gasteiger partial charge in [-0.2, -0.15) is 0 Å². The minimum atomic E-state index is 0.0241. The van der Waals surface area contributed by atoms with Crippen LogP contribution in [0.4, 0.5) is 0 Å². The standard InChI is InChI=1S/C11H20N2O/c1-4-6-9(2)13-8-5-7-10(12-3)11(13)14/h4,9-10,12H,1,5-8H2,2-3H3. The Morgan fingerprint density at radius 2 is 2.50 bits per heavy atom. The summed E-state index contributed by atoms with van der Waals surface area (Å²) in [6.07, 6.45) is 4.81. The number of carbonyl (C=O) groups is 1. The van der Waals surface area contributed by atoms with Crippen LogP contribution in [0.5, 0.6) is 0 Å². The summed E-state index contributed by atoms with van der Waals surface area (Å²) < 4.78 is 0. The third-order valence-electron chi connectivity index (χ3n) is 2.86. The molecule has 0 bridgehead atoms. The molecule has 3 heteroatoms. The third kappa shape index (κ3) is 2.35. The summed E-state index contributed by atoms with van der Waals surface area (Å²) in [4.78, 5) is 13.9. The molecule has 80 valence electrons. The maximum absolute atomic E-state index is 11.9. The molecule has 1 heterocycles. The van der Waals surface area contributed by atoms with Crippen LogP contribution < -0.4 is 5.32 Å². The fraction of sp³-hybridized carbons (Fsp3) is 0.727. The Morgan fingerprint density at radius 1 is 1.79 bits per heavy atom. The molecule has 2 atom stereocenters. The SMILES string of the molecule is C=CCC(C)N1CCCC(NC)C1=O. The summed E-state index contributed by atoms with van der Waals surface area (Å²) in [5, 5.41) is 3.06. The first kappa shape index (κ1) is 11.2. The summed E-state index contributed by atoms with van der Waals surface area (Å²) in [6.45, 7) is 6.68. The largest absolute Gasteiger partial charge is 0.338 e. The molecular weight excluding hydrogens is 176 g/mol. The number of nitrogens with one attached hydrogen (secondary N) is 1. The van der Waals surface area contributed by atoms with Crippen molar-refractivity contribution in [3.05, 3.63) is 12.7 Å². The normalized spacial score (nSPS) is 24.9. The van der Waals surface area contributed by atoms with E-state index in [2.05, 4.69) is 18.8 Å². The first-order chi connectivity index (χ1) is 6.70. The van der Waals surface area contributed by atoms with Crippen LogP contribution in [0.2, 0.25) is 0 Å². The quantitative estimate of drug-likeness (QED) is 0.684. The highest BCUT2D eigenvalue weighted by molar-refractivity contribution is 5.82. The Morgan fingerprint density at radius 3 is 3.07 bits per heavy atom. The lowest BCUT2D eigenvalue weighted by Gasteiger charge is -2.36. The average Bonchev–Trinajstić information content (AvgIpc) is 2.18. The summed E-state index contributed by atoms with van der Waals surface area (Å²) >= 11 is 0. The van der Waals surface area contributed by atoms with Gasteiger partial charge in [0.25, 0.3) is 0 Å². The molecule has 0 spiro atoms. The second kappa shape index (κ2) is 5.15. The third-order valence-corrected chi connectivity index (χ3v) is 2.86. The molecular formula is C11H20N2O. The molecule has 0 aliphatic carbocycles. The number of nitrogens with zero attached hydrogens (tertiary/aromatic N) is 1. The molecule has 1 amide bonds. The molecule has 0 radical (unpaired) electrons. The minimum Gasteiger partial charge on any atom is -0.338 e.